The molecule has 198 valence electrons. The fourth-order valence-electron chi connectivity index (χ4n) is 7.28. The number of hydrogen-bond donors (Lipinski definition) is 4. The van der Waals surface area contributed by atoms with E-state index in [9.17, 15) is 18.4 Å². The van der Waals surface area contributed by atoms with Crippen LogP contribution in [0.1, 0.15) is 77.6 Å². The van der Waals surface area contributed by atoms with Crippen LogP contribution in [0.3, 0.4) is 0 Å². The van der Waals surface area contributed by atoms with Crippen molar-refractivity contribution in [1.82, 2.24) is 10.2 Å². The summed E-state index contributed by atoms with van der Waals surface area (Å²) in [7, 11) is 0. The summed E-state index contributed by atoms with van der Waals surface area (Å²) in [5.74, 6) is 0.758. The maximum absolute atomic E-state index is 14.0. The van der Waals surface area contributed by atoms with Crippen molar-refractivity contribution in [3.8, 4) is 0 Å². The Kier molecular flexibility index (Phi) is 8.34. The van der Waals surface area contributed by atoms with E-state index < -0.39 is 12.3 Å². The smallest absolute Gasteiger partial charge is 0.237 e. The minimum atomic E-state index is -1.45. The summed E-state index contributed by atoms with van der Waals surface area (Å²) in [4.78, 5) is 27.5. The first kappa shape index (κ1) is 26.3. The number of likely N-dealkylation sites (tertiary alicyclic amines) is 1. The number of alkyl halides is 2. The molecule has 1 saturated heterocycles. The van der Waals surface area contributed by atoms with Crippen LogP contribution in [0.15, 0.2) is 0 Å². The lowest BCUT2D eigenvalue weighted by Gasteiger charge is -2.40. The van der Waals surface area contributed by atoms with Crippen molar-refractivity contribution < 1.29 is 18.4 Å². The van der Waals surface area contributed by atoms with E-state index >= 15 is 0 Å². The first-order valence-corrected chi connectivity index (χ1v) is 13.6. The molecule has 2 amide bonds. The third-order valence-electron chi connectivity index (χ3n) is 9.58. The SMILES string of the molecule is C[C@H](NC(=O)C1CC2CCC(C(=N)N)CC2N1CC1CCC(C(N)=O)CC1)C1CCC(F)C(F)C1. The third-order valence-corrected chi connectivity index (χ3v) is 9.58. The maximum Gasteiger partial charge on any atom is 0.237 e. The largest absolute Gasteiger partial charge is 0.387 e. The molecule has 0 aromatic rings. The van der Waals surface area contributed by atoms with Gasteiger partial charge in [-0.25, -0.2) is 8.78 Å². The second-order valence-electron chi connectivity index (χ2n) is 11.8. The highest BCUT2D eigenvalue weighted by Gasteiger charge is 2.48. The zero-order valence-electron chi connectivity index (χ0n) is 20.9. The van der Waals surface area contributed by atoms with E-state index in [0.29, 0.717) is 18.3 Å². The second kappa shape index (κ2) is 11.1. The first-order valence-electron chi connectivity index (χ1n) is 13.6. The number of nitrogens with one attached hydrogen (secondary N) is 2. The van der Waals surface area contributed by atoms with Crippen LogP contribution in [0.2, 0.25) is 0 Å². The number of halogens is 2. The van der Waals surface area contributed by atoms with E-state index in [0.717, 1.165) is 57.9 Å². The predicted octanol–water partition coefficient (Wildman–Crippen LogP) is 3.05. The minimum absolute atomic E-state index is 0.0186. The molecule has 9 heteroatoms. The monoisotopic (exact) mass is 495 g/mol. The van der Waals surface area contributed by atoms with Gasteiger partial charge in [0.1, 0.15) is 12.3 Å². The summed E-state index contributed by atoms with van der Waals surface area (Å²) in [6, 6.07) is -0.242. The van der Waals surface area contributed by atoms with Crippen molar-refractivity contribution in [1.29, 1.82) is 5.41 Å². The summed E-state index contributed by atoms with van der Waals surface area (Å²) in [5, 5.41) is 11.1. The van der Waals surface area contributed by atoms with Gasteiger partial charge in [0, 0.05) is 30.5 Å². The van der Waals surface area contributed by atoms with Gasteiger partial charge in [-0.1, -0.05) is 0 Å². The van der Waals surface area contributed by atoms with E-state index in [4.69, 9.17) is 16.9 Å². The van der Waals surface area contributed by atoms with Crippen molar-refractivity contribution in [3.05, 3.63) is 0 Å². The lowest BCUT2D eigenvalue weighted by molar-refractivity contribution is -0.127. The van der Waals surface area contributed by atoms with Gasteiger partial charge in [-0.2, -0.15) is 0 Å². The summed E-state index contributed by atoms with van der Waals surface area (Å²) < 4.78 is 27.6. The fourth-order valence-corrected chi connectivity index (χ4v) is 7.28. The van der Waals surface area contributed by atoms with Crippen LogP contribution in [0, 0.1) is 35.0 Å². The number of carbonyl (C=O) groups excluding carboxylic acids is 2. The van der Waals surface area contributed by atoms with Crippen LogP contribution < -0.4 is 16.8 Å². The molecule has 0 spiro atoms. The first-order chi connectivity index (χ1) is 16.6. The van der Waals surface area contributed by atoms with Gasteiger partial charge in [-0.3, -0.25) is 19.9 Å². The molecule has 0 radical (unpaired) electrons. The number of primary amides is 1. The summed E-state index contributed by atoms with van der Waals surface area (Å²) in [5.41, 5.74) is 11.4. The molecule has 7 unspecified atom stereocenters. The Balaban J connectivity index is 1.43. The molecule has 6 N–H and O–H groups in total. The summed E-state index contributed by atoms with van der Waals surface area (Å²) >= 11 is 0. The van der Waals surface area contributed by atoms with Gasteiger partial charge in [0.15, 0.2) is 0 Å². The van der Waals surface area contributed by atoms with Crippen molar-refractivity contribution >= 4 is 17.6 Å². The molecule has 4 fully saturated rings. The molecule has 1 heterocycles. The van der Waals surface area contributed by atoms with Gasteiger partial charge >= 0.3 is 0 Å². The van der Waals surface area contributed by atoms with Gasteiger partial charge in [0.25, 0.3) is 0 Å². The Morgan fingerprint density at radius 3 is 2.26 bits per heavy atom. The quantitative estimate of drug-likeness (QED) is 0.320. The zero-order valence-corrected chi connectivity index (χ0v) is 20.9. The van der Waals surface area contributed by atoms with Crippen LogP contribution in [0.25, 0.3) is 0 Å². The van der Waals surface area contributed by atoms with Gasteiger partial charge in [0.05, 0.1) is 11.9 Å². The van der Waals surface area contributed by atoms with Crippen molar-refractivity contribution in [3.63, 3.8) is 0 Å². The van der Waals surface area contributed by atoms with Crippen molar-refractivity contribution in [2.45, 2.75) is 108 Å². The molecule has 0 aromatic heterocycles. The van der Waals surface area contributed by atoms with Crippen LogP contribution in [-0.2, 0) is 9.59 Å². The van der Waals surface area contributed by atoms with E-state index in [1.165, 1.54) is 0 Å². The van der Waals surface area contributed by atoms with Crippen LogP contribution in [0.4, 0.5) is 8.78 Å². The van der Waals surface area contributed by atoms with E-state index in [1.54, 1.807) is 0 Å². The summed E-state index contributed by atoms with van der Waals surface area (Å²) in [6.07, 6.45) is 5.02. The highest BCUT2D eigenvalue weighted by molar-refractivity contribution is 5.83. The zero-order chi connectivity index (χ0) is 25.3. The van der Waals surface area contributed by atoms with Gasteiger partial charge in [-0.15, -0.1) is 0 Å². The molecule has 3 saturated carbocycles. The molecule has 4 rings (SSSR count). The van der Waals surface area contributed by atoms with Crippen LogP contribution in [0.5, 0.6) is 0 Å². The Bertz CT molecular complexity index is 790. The van der Waals surface area contributed by atoms with Crippen LogP contribution in [-0.4, -0.2) is 59.6 Å². The Labute approximate surface area is 207 Å². The van der Waals surface area contributed by atoms with Gasteiger partial charge in [0.2, 0.25) is 11.8 Å². The number of rotatable bonds is 7. The lowest BCUT2D eigenvalue weighted by atomic mass is 9.77. The van der Waals surface area contributed by atoms with Crippen LogP contribution >= 0.6 is 0 Å². The number of hydrogen-bond acceptors (Lipinski definition) is 4. The Morgan fingerprint density at radius 2 is 1.63 bits per heavy atom. The van der Waals surface area contributed by atoms with E-state index in [2.05, 4.69) is 10.2 Å². The third kappa shape index (κ3) is 5.97. The lowest BCUT2D eigenvalue weighted by Crippen LogP contribution is -2.52. The molecular formula is C26H43F2N5O2. The molecular weight excluding hydrogens is 452 g/mol. The van der Waals surface area contributed by atoms with E-state index in [1.807, 2.05) is 6.92 Å². The number of amidine groups is 1. The summed E-state index contributed by atoms with van der Waals surface area (Å²) in [6.45, 7) is 2.71. The minimum Gasteiger partial charge on any atom is -0.387 e. The maximum atomic E-state index is 14.0. The molecule has 8 atom stereocenters. The average molecular weight is 496 g/mol. The number of amides is 2. The Hall–Kier alpha value is -1.77. The topological polar surface area (TPSA) is 125 Å². The standard InChI is InChI=1S/C26H43F2N5O2/c1-14(17-8-9-20(27)21(28)10-17)32-26(35)23-11-18-6-7-19(24(29)30)12-22(18)33(23)13-15-2-4-16(5-3-15)25(31)34/h14-23H,2-13H2,1H3,(H3,29,30)(H2,31,34)(H,32,35)/t14-,15?,16?,17?,18?,19?,20?,21?,22?,23?/m0/s1. The molecule has 4 aliphatic rings. The van der Waals surface area contributed by atoms with Gasteiger partial charge in [-0.05, 0) is 95.3 Å². The number of nitrogens with zero attached hydrogens (tertiary/aromatic N) is 1. The number of fused-ring (bicyclic) bond motifs is 1. The average Bonchev–Trinajstić information content (AvgIpc) is 3.18. The molecule has 35 heavy (non-hydrogen) atoms. The number of carbonyl (C=O) groups is 2. The molecule has 7 nitrogen and oxygen atoms in total. The Morgan fingerprint density at radius 1 is 0.943 bits per heavy atom. The molecule has 3 aliphatic carbocycles. The highest BCUT2D eigenvalue weighted by atomic mass is 19.2. The van der Waals surface area contributed by atoms with Crippen molar-refractivity contribution in [2.24, 2.45) is 41.1 Å². The second-order valence-corrected chi connectivity index (χ2v) is 11.8. The van der Waals surface area contributed by atoms with Gasteiger partial charge < -0.3 is 16.8 Å². The van der Waals surface area contributed by atoms with Crippen molar-refractivity contribution in [2.75, 3.05) is 6.54 Å². The fraction of sp³-hybridized carbons (Fsp3) is 0.885. The molecule has 0 bridgehead atoms. The van der Waals surface area contributed by atoms with E-state index in [-0.39, 0.29) is 66.4 Å². The number of nitrogens with two attached hydrogens (primary N) is 2. The molecule has 0 aromatic carbocycles. The predicted molar refractivity (Wildman–Crippen MR) is 131 cm³/mol. The highest BCUT2D eigenvalue weighted by Crippen LogP contribution is 2.43. The normalized spacial score (nSPS) is 41.1. The molecule has 1 aliphatic heterocycles.